The van der Waals surface area contributed by atoms with E-state index in [4.69, 9.17) is 5.11 Å². The highest BCUT2D eigenvalue weighted by Gasteiger charge is 2.40. The third-order valence-electron chi connectivity index (χ3n) is 3.55. The molecule has 90 valence electrons. The first-order valence-corrected chi connectivity index (χ1v) is 5.92. The minimum absolute atomic E-state index is 0.138. The van der Waals surface area contributed by atoms with Gasteiger partial charge >= 0.3 is 5.97 Å². The summed E-state index contributed by atoms with van der Waals surface area (Å²) in [5.41, 5.74) is 0. The molecule has 0 bridgehead atoms. The van der Waals surface area contributed by atoms with Gasteiger partial charge in [-0.3, -0.25) is 14.5 Å². The molecule has 2 atom stereocenters. The molecule has 0 saturated carbocycles. The average Bonchev–Trinajstić information content (AvgIpc) is 2.61. The Bertz CT molecular complexity index is 293. The van der Waals surface area contributed by atoms with Crippen molar-refractivity contribution in [3.63, 3.8) is 0 Å². The van der Waals surface area contributed by atoms with Gasteiger partial charge in [-0.2, -0.15) is 0 Å². The van der Waals surface area contributed by atoms with Gasteiger partial charge in [0, 0.05) is 19.0 Å². The van der Waals surface area contributed by atoms with Crippen LogP contribution in [0.2, 0.25) is 0 Å². The summed E-state index contributed by atoms with van der Waals surface area (Å²) >= 11 is 0. The summed E-state index contributed by atoms with van der Waals surface area (Å²) in [7, 11) is 0. The Labute approximate surface area is 94.8 Å². The molecule has 0 radical (unpaired) electrons. The van der Waals surface area contributed by atoms with Crippen LogP contribution in [0.5, 0.6) is 0 Å². The van der Waals surface area contributed by atoms with Gasteiger partial charge < -0.3 is 10.4 Å². The standard InChI is InChI=1S/C11H18N2O3/c14-10(15)4-2-6-13-5-1-3-8-9(13)7-12-11(8)16/h8-9H,1-7H2,(H,12,16)(H,14,15). The van der Waals surface area contributed by atoms with E-state index in [1.807, 2.05) is 0 Å². The summed E-state index contributed by atoms with van der Waals surface area (Å²) in [5, 5.41) is 11.5. The Morgan fingerprint density at radius 1 is 1.56 bits per heavy atom. The first kappa shape index (κ1) is 11.4. The van der Waals surface area contributed by atoms with E-state index in [0.717, 1.165) is 32.5 Å². The predicted molar refractivity (Wildman–Crippen MR) is 58.0 cm³/mol. The first-order chi connectivity index (χ1) is 7.68. The van der Waals surface area contributed by atoms with Crippen LogP contribution in [-0.4, -0.2) is 47.6 Å². The summed E-state index contributed by atoms with van der Waals surface area (Å²) in [6, 6.07) is 0.301. The van der Waals surface area contributed by atoms with E-state index in [-0.39, 0.29) is 18.2 Å². The highest BCUT2D eigenvalue weighted by Crippen LogP contribution is 2.27. The van der Waals surface area contributed by atoms with Crippen LogP contribution in [0.3, 0.4) is 0 Å². The molecule has 2 aliphatic rings. The van der Waals surface area contributed by atoms with Crippen LogP contribution < -0.4 is 5.32 Å². The number of rotatable bonds is 4. The Morgan fingerprint density at radius 3 is 3.12 bits per heavy atom. The van der Waals surface area contributed by atoms with E-state index >= 15 is 0 Å². The van der Waals surface area contributed by atoms with Crippen molar-refractivity contribution in [1.29, 1.82) is 0 Å². The number of likely N-dealkylation sites (tertiary alicyclic amines) is 1. The zero-order chi connectivity index (χ0) is 11.5. The van der Waals surface area contributed by atoms with Crippen molar-refractivity contribution in [1.82, 2.24) is 10.2 Å². The van der Waals surface area contributed by atoms with Crippen LogP contribution >= 0.6 is 0 Å². The lowest BCUT2D eigenvalue weighted by Gasteiger charge is -2.35. The third-order valence-corrected chi connectivity index (χ3v) is 3.55. The lowest BCUT2D eigenvalue weighted by molar-refractivity contribution is -0.137. The number of amides is 1. The molecule has 16 heavy (non-hydrogen) atoms. The van der Waals surface area contributed by atoms with Crippen molar-refractivity contribution < 1.29 is 14.7 Å². The molecule has 2 heterocycles. The fraction of sp³-hybridized carbons (Fsp3) is 0.818. The molecule has 2 rings (SSSR count). The van der Waals surface area contributed by atoms with Gasteiger partial charge in [0.2, 0.25) is 5.91 Å². The van der Waals surface area contributed by atoms with Gasteiger partial charge in [0.25, 0.3) is 0 Å². The topological polar surface area (TPSA) is 69.6 Å². The number of carbonyl (C=O) groups excluding carboxylic acids is 1. The van der Waals surface area contributed by atoms with E-state index in [2.05, 4.69) is 10.2 Å². The van der Waals surface area contributed by atoms with Gasteiger partial charge in [0.1, 0.15) is 0 Å². The van der Waals surface area contributed by atoms with Crippen molar-refractivity contribution in [2.75, 3.05) is 19.6 Å². The minimum atomic E-state index is -0.741. The van der Waals surface area contributed by atoms with E-state index < -0.39 is 5.97 Å². The maximum absolute atomic E-state index is 11.5. The number of nitrogens with one attached hydrogen (secondary N) is 1. The number of piperidine rings is 1. The number of fused-ring (bicyclic) bond motifs is 1. The lowest BCUT2D eigenvalue weighted by Crippen LogP contribution is -2.45. The van der Waals surface area contributed by atoms with Crippen molar-refractivity contribution >= 4 is 11.9 Å². The second-order valence-electron chi connectivity index (χ2n) is 4.59. The van der Waals surface area contributed by atoms with Crippen LogP contribution in [0.1, 0.15) is 25.7 Å². The molecule has 1 amide bonds. The smallest absolute Gasteiger partial charge is 0.303 e. The molecule has 0 aromatic rings. The molecule has 0 aromatic carbocycles. The summed E-state index contributed by atoms with van der Waals surface area (Å²) < 4.78 is 0. The van der Waals surface area contributed by atoms with Crippen LogP contribution in [0.15, 0.2) is 0 Å². The average molecular weight is 226 g/mol. The van der Waals surface area contributed by atoms with Crippen LogP contribution in [0.4, 0.5) is 0 Å². The lowest BCUT2D eigenvalue weighted by atomic mass is 9.91. The maximum Gasteiger partial charge on any atom is 0.303 e. The van der Waals surface area contributed by atoms with E-state index in [1.54, 1.807) is 0 Å². The number of aliphatic carboxylic acids is 1. The molecule has 2 unspecified atom stereocenters. The highest BCUT2D eigenvalue weighted by molar-refractivity contribution is 5.82. The Hall–Kier alpha value is -1.10. The van der Waals surface area contributed by atoms with Crippen LogP contribution in [0, 0.1) is 5.92 Å². The van der Waals surface area contributed by atoms with E-state index in [0.29, 0.717) is 12.5 Å². The van der Waals surface area contributed by atoms with Gasteiger partial charge in [-0.1, -0.05) is 0 Å². The quantitative estimate of drug-likeness (QED) is 0.711. The molecule has 5 heteroatoms. The molecule has 0 aliphatic carbocycles. The highest BCUT2D eigenvalue weighted by atomic mass is 16.4. The number of carboxylic acid groups (broad SMARTS) is 1. The van der Waals surface area contributed by atoms with Gasteiger partial charge in [-0.05, 0) is 32.4 Å². The Kier molecular flexibility index (Phi) is 3.43. The second kappa shape index (κ2) is 4.82. The normalized spacial score (nSPS) is 29.9. The fourth-order valence-corrected chi connectivity index (χ4v) is 2.75. The molecule has 2 fully saturated rings. The monoisotopic (exact) mass is 226 g/mol. The molecule has 2 N–H and O–H groups in total. The number of carboxylic acids is 1. The summed E-state index contributed by atoms with van der Waals surface area (Å²) in [5.74, 6) is -0.430. The van der Waals surface area contributed by atoms with Gasteiger partial charge in [0.15, 0.2) is 0 Å². The van der Waals surface area contributed by atoms with Crippen molar-refractivity contribution in [3.05, 3.63) is 0 Å². The Morgan fingerprint density at radius 2 is 2.38 bits per heavy atom. The molecule has 0 spiro atoms. The second-order valence-corrected chi connectivity index (χ2v) is 4.59. The van der Waals surface area contributed by atoms with E-state index in [9.17, 15) is 9.59 Å². The fourth-order valence-electron chi connectivity index (χ4n) is 2.75. The summed E-state index contributed by atoms with van der Waals surface area (Å²) in [6.45, 7) is 2.52. The molecular weight excluding hydrogens is 208 g/mol. The van der Waals surface area contributed by atoms with Gasteiger partial charge in [-0.25, -0.2) is 0 Å². The van der Waals surface area contributed by atoms with E-state index in [1.165, 1.54) is 0 Å². The van der Waals surface area contributed by atoms with Crippen molar-refractivity contribution in [2.24, 2.45) is 5.92 Å². The Balaban J connectivity index is 1.85. The zero-order valence-corrected chi connectivity index (χ0v) is 9.32. The molecule has 2 aliphatic heterocycles. The number of hydrogen-bond donors (Lipinski definition) is 2. The molecule has 5 nitrogen and oxygen atoms in total. The summed E-state index contributed by atoms with van der Waals surface area (Å²) in [4.78, 5) is 24.2. The molecule has 2 saturated heterocycles. The van der Waals surface area contributed by atoms with Gasteiger partial charge in [0.05, 0.1) is 5.92 Å². The number of carbonyl (C=O) groups is 2. The maximum atomic E-state index is 11.5. The predicted octanol–water partition coefficient (Wildman–Crippen LogP) is 0.0616. The van der Waals surface area contributed by atoms with Crippen molar-refractivity contribution in [2.45, 2.75) is 31.7 Å². The van der Waals surface area contributed by atoms with Crippen molar-refractivity contribution in [3.8, 4) is 0 Å². The van der Waals surface area contributed by atoms with Gasteiger partial charge in [-0.15, -0.1) is 0 Å². The zero-order valence-electron chi connectivity index (χ0n) is 9.32. The third kappa shape index (κ3) is 2.35. The number of hydrogen-bond acceptors (Lipinski definition) is 3. The molecule has 0 aromatic heterocycles. The first-order valence-electron chi connectivity index (χ1n) is 5.92. The minimum Gasteiger partial charge on any atom is -0.481 e. The van der Waals surface area contributed by atoms with Crippen LogP contribution in [-0.2, 0) is 9.59 Å². The number of nitrogens with zero attached hydrogens (tertiary/aromatic N) is 1. The summed E-state index contributed by atoms with van der Waals surface area (Å²) in [6.07, 6.45) is 2.91. The van der Waals surface area contributed by atoms with Crippen LogP contribution in [0.25, 0.3) is 0 Å². The SMILES string of the molecule is O=C(O)CCCN1CCCC2C(=O)NCC21. The molecular formula is C11H18N2O3. The largest absolute Gasteiger partial charge is 0.481 e.